The van der Waals surface area contributed by atoms with Gasteiger partial charge < -0.3 is 20.5 Å². The number of rotatable bonds is 12. The molecule has 2 heterocycles. The van der Waals surface area contributed by atoms with Crippen LogP contribution in [0.25, 0.3) is 0 Å². The number of alkyl halides is 6. The van der Waals surface area contributed by atoms with Crippen LogP contribution in [0.5, 0.6) is 0 Å². The van der Waals surface area contributed by atoms with Crippen LogP contribution in [0.1, 0.15) is 62.4 Å². The van der Waals surface area contributed by atoms with Gasteiger partial charge in [-0.3, -0.25) is 0 Å². The summed E-state index contributed by atoms with van der Waals surface area (Å²) >= 11 is 0. The van der Waals surface area contributed by atoms with E-state index in [2.05, 4.69) is 53.3 Å². The van der Waals surface area contributed by atoms with Gasteiger partial charge >= 0.3 is 12.4 Å². The average Bonchev–Trinajstić information content (AvgIpc) is 3.32. The molecule has 0 saturated heterocycles. The quantitative estimate of drug-likeness (QED) is 0.180. The summed E-state index contributed by atoms with van der Waals surface area (Å²) in [6, 6.07) is 3.25. The SMILES string of the molecule is CNc1nc(N(CC(C)C)CC(C)C)c(CN(Cc2cc(C(F)(F)F)cc(C(F)(F)F)c2)c2nnn(C)n2)cc1C(C)=N. The second-order valence-electron chi connectivity index (χ2n) is 11.3. The first-order valence-corrected chi connectivity index (χ1v) is 13.7. The number of hydrogen-bond acceptors (Lipinski definition) is 8. The number of nitrogens with one attached hydrogen (secondary N) is 2. The normalized spacial score (nSPS) is 12.3. The Morgan fingerprint density at radius 3 is 1.88 bits per heavy atom. The topological polar surface area (TPSA) is 98.8 Å². The van der Waals surface area contributed by atoms with E-state index in [1.807, 2.05) is 0 Å². The zero-order valence-electron chi connectivity index (χ0n) is 25.2. The maximum absolute atomic E-state index is 13.6. The third-order valence-electron chi connectivity index (χ3n) is 6.35. The van der Waals surface area contributed by atoms with Gasteiger partial charge in [0, 0.05) is 50.1 Å². The van der Waals surface area contributed by atoms with Gasteiger partial charge in [0.1, 0.15) is 11.6 Å². The average molecular weight is 614 g/mol. The van der Waals surface area contributed by atoms with Crippen molar-refractivity contribution in [3.05, 3.63) is 52.1 Å². The molecular weight excluding hydrogens is 576 g/mol. The molecule has 0 saturated carbocycles. The number of hydrogen-bond donors (Lipinski definition) is 2. The Kier molecular flexibility index (Phi) is 10.3. The Morgan fingerprint density at radius 2 is 1.47 bits per heavy atom. The molecule has 0 unspecified atom stereocenters. The number of nitrogens with zero attached hydrogens (tertiary/aromatic N) is 7. The predicted octanol–water partition coefficient (Wildman–Crippen LogP) is 6.40. The van der Waals surface area contributed by atoms with Crippen molar-refractivity contribution in [2.24, 2.45) is 18.9 Å². The highest BCUT2D eigenvalue weighted by atomic mass is 19.4. The van der Waals surface area contributed by atoms with E-state index in [1.54, 1.807) is 20.0 Å². The van der Waals surface area contributed by atoms with Gasteiger partial charge in [0.2, 0.25) is 0 Å². The molecule has 0 radical (unpaired) electrons. The van der Waals surface area contributed by atoms with Crippen molar-refractivity contribution in [2.75, 3.05) is 35.3 Å². The van der Waals surface area contributed by atoms with Crippen molar-refractivity contribution in [1.82, 2.24) is 25.2 Å². The lowest BCUT2D eigenvalue weighted by atomic mass is 10.0. The summed E-state index contributed by atoms with van der Waals surface area (Å²) in [5, 5.41) is 23.4. The molecule has 1 aromatic carbocycles. The Morgan fingerprint density at radius 1 is 0.907 bits per heavy atom. The number of aromatic nitrogens is 5. The van der Waals surface area contributed by atoms with Gasteiger partial charge in [0.25, 0.3) is 5.95 Å². The van der Waals surface area contributed by atoms with Crippen LogP contribution < -0.4 is 15.1 Å². The summed E-state index contributed by atoms with van der Waals surface area (Å²) < 4.78 is 81.8. The van der Waals surface area contributed by atoms with Gasteiger partial charge in [0.05, 0.1) is 18.2 Å². The molecule has 3 rings (SSSR count). The lowest BCUT2D eigenvalue weighted by molar-refractivity contribution is -0.143. The van der Waals surface area contributed by atoms with Crippen molar-refractivity contribution in [1.29, 1.82) is 5.41 Å². The summed E-state index contributed by atoms with van der Waals surface area (Å²) in [4.78, 5) is 9.56. The van der Waals surface area contributed by atoms with E-state index in [9.17, 15) is 26.3 Å². The molecule has 15 heteroatoms. The maximum atomic E-state index is 13.6. The van der Waals surface area contributed by atoms with E-state index in [4.69, 9.17) is 10.4 Å². The van der Waals surface area contributed by atoms with E-state index < -0.39 is 23.5 Å². The Balaban J connectivity index is 2.22. The third-order valence-corrected chi connectivity index (χ3v) is 6.35. The fourth-order valence-corrected chi connectivity index (χ4v) is 4.68. The highest BCUT2D eigenvalue weighted by Gasteiger charge is 2.37. The van der Waals surface area contributed by atoms with Gasteiger partial charge in [0.15, 0.2) is 0 Å². The molecule has 0 aliphatic carbocycles. The Labute approximate surface area is 246 Å². The molecule has 0 aliphatic heterocycles. The fraction of sp³-hybridized carbons (Fsp3) is 0.536. The molecule has 236 valence electrons. The molecule has 0 aliphatic rings. The van der Waals surface area contributed by atoms with Crippen LogP contribution in [0.3, 0.4) is 0 Å². The number of benzene rings is 1. The first kappa shape index (κ1) is 33.6. The van der Waals surface area contributed by atoms with Crippen LogP contribution in [-0.4, -0.2) is 51.0 Å². The number of anilines is 3. The molecule has 9 nitrogen and oxygen atoms in total. The highest BCUT2D eigenvalue weighted by molar-refractivity contribution is 6.01. The van der Waals surface area contributed by atoms with Crippen molar-refractivity contribution < 1.29 is 26.3 Å². The molecule has 0 bridgehead atoms. The van der Waals surface area contributed by atoms with Crippen LogP contribution in [-0.2, 0) is 32.5 Å². The summed E-state index contributed by atoms with van der Waals surface area (Å²) in [6.45, 7) is 10.7. The van der Waals surface area contributed by atoms with E-state index >= 15 is 0 Å². The number of tetrazole rings is 1. The minimum Gasteiger partial charge on any atom is -0.373 e. The minimum atomic E-state index is -4.99. The number of pyridine rings is 1. The van der Waals surface area contributed by atoms with Gasteiger partial charge in [-0.25, -0.2) is 4.98 Å². The second kappa shape index (κ2) is 13.2. The molecular formula is C28H37F6N9. The molecule has 0 spiro atoms. The standard InChI is InChI=1S/C28H37F6N9/c1-16(2)12-42(13-17(3)4)25-20(10-23(18(5)35)24(36-6)37-25)15-43(26-38-40-41(7)39-26)14-19-8-21(27(29,30)31)11-22(9-19)28(32,33)34/h8-11,16-17,35H,12-15H2,1-7H3,(H,36,37). The Bertz CT molecular complexity index is 1370. The summed E-state index contributed by atoms with van der Waals surface area (Å²) in [6.07, 6.45) is -9.98. The second-order valence-corrected chi connectivity index (χ2v) is 11.3. The predicted molar refractivity (Wildman–Crippen MR) is 153 cm³/mol. The van der Waals surface area contributed by atoms with Crippen molar-refractivity contribution in [3.63, 3.8) is 0 Å². The van der Waals surface area contributed by atoms with Gasteiger partial charge in [-0.15, -0.1) is 5.10 Å². The van der Waals surface area contributed by atoms with E-state index in [-0.39, 0.29) is 48.2 Å². The summed E-state index contributed by atoms with van der Waals surface area (Å²) in [7, 11) is 3.19. The fourth-order valence-electron chi connectivity index (χ4n) is 4.68. The largest absolute Gasteiger partial charge is 0.416 e. The van der Waals surface area contributed by atoms with Crippen LogP contribution >= 0.6 is 0 Å². The summed E-state index contributed by atoms with van der Waals surface area (Å²) in [5.74, 6) is 1.55. The molecule has 3 aromatic rings. The molecule has 43 heavy (non-hydrogen) atoms. The molecule has 2 N–H and O–H groups in total. The van der Waals surface area contributed by atoms with E-state index in [0.29, 0.717) is 48.0 Å². The molecule has 0 amide bonds. The lowest BCUT2D eigenvalue weighted by Crippen LogP contribution is -2.34. The Hall–Kier alpha value is -3.91. The van der Waals surface area contributed by atoms with Gasteiger partial charge in [-0.1, -0.05) is 32.8 Å². The highest BCUT2D eigenvalue weighted by Crippen LogP contribution is 2.37. The van der Waals surface area contributed by atoms with Crippen LogP contribution in [0.2, 0.25) is 0 Å². The minimum absolute atomic E-state index is 0.00417. The van der Waals surface area contributed by atoms with Crippen molar-refractivity contribution in [3.8, 4) is 0 Å². The molecule has 0 fully saturated rings. The first-order valence-electron chi connectivity index (χ1n) is 13.7. The van der Waals surface area contributed by atoms with E-state index in [1.165, 1.54) is 11.9 Å². The van der Waals surface area contributed by atoms with Gasteiger partial charge in [-0.05, 0) is 53.8 Å². The lowest BCUT2D eigenvalue weighted by Gasteiger charge is -2.32. The van der Waals surface area contributed by atoms with Crippen LogP contribution in [0.4, 0.5) is 43.9 Å². The number of aryl methyl sites for hydroxylation is 1. The monoisotopic (exact) mass is 613 g/mol. The van der Waals surface area contributed by atoms with Crippen LogP contribution in [0.15, 0.2) is 24.3 Å². The van der Waals surface area contributed by atoms with Crippen molar-refractivity contribution >= 4 is 23.3 Å². The maximum Gasteiger partial charge on any atom is 0.416 e. The van der Waals surface area contributed by atoms with Crippen LogP contribution in [0, 0.1) is 17.2 Å². The molecule has 0 atom stereocenters. The summed E-state index contributed by atoms with van der Waals surface area (Å²) in [5.41, 5.74) is -1.74. The van der Waals surface area contributed by atoms with E-state index in [0.717, 1.165) is 4.80 Å². The zero-order valence-corrected chi connectivity index (χ0v) is 25.2. The smallest absolute Gasteiger partial charge is 0.373 e. The number of halogens is 6. The first-order chi connectivity index (χ1) is 19.9. The third kappa shape index (κ3) is 8.80. The zero-order chi connectivity index (χ0) is 32.3. The van der Waals surface area contributed by atoms with Crippen molar-refractivity contribution in [2.45, 2.75) is 60.1 Å². The van der Waals surface area contributed by atoms with Gasteiger partial charge in [-0.2, -0.15) is 31.1 Å². The molecule has 2 aromatic heterocycles.